The zero-order valence-electron chi connectivity index (χ0n) is 14.5. The molecule has 2 aromatic heterocycles. The number of hydrogen-bond acceptors (Lipinski definition) is 4. The molecule has 6 nitrogen and oxygen atoms in total. The van der Waals surface area contributed by atoms with Gasteiger partial charge in [0, 0.05) is 18.4 Å². The van der Waals surface area contributed by atoms with E-state index in [9.17, 15) is 4.79 Å². The third kappa shape index (κ3) is 2.96. The highest BCUT2D eigenvalue weighted by atomic mass is 16.2. The maximum Gasteiger partial charge on any atom is 0.262 e. The van der Waals surface area contributed by atoms with Crippen molar-refractivity contribution in [3.8, 4) is 6.07 Å². The molecular formula is C19H19N5O. The molecule has 25 heavy (non-hydrogen) atoms. The van der Waals surface area contributed by atoms with Gasteiger partial charge < -0.3 is 4.90 Å². The lowest BCUT2D eigenvalue weighted by Gasteiger charge is -2.24. The van der Waals surface area contributed by atoms with Crippen molar-refractivity contribution in [3.05, 3.63) is 58.9 Å². The number of benzene rings is 1. The molecule has 6 heteroatoms. The smallest absolute Gasteiger partial charge is 0.262 e. The Bertz CT molecular complexity index is 983. The quantitative estimate of drug-likeness (QED) is 0.735. The molecule has 0 N–H and O–H groups in total. The van der Waals surface area contributed by atoms with Gasteiger partial charge in [-0.25, -0.2) is 0 Å². The van der Waals surface area contributed by atoms with Crippen LogP contribution in [0.3, 0.4) is 0 Å². The van der Waals surface area contributed by atoms with Gasteiger partial charge in [0.05, 0.1) is 23.7 Å². The number of carbonyl (C=O) groups excluding carboxylic acids is 1. The molecule has 0 bridgehead atoms. The van der Waals surface area contributed by atoms with Crippen LogP contribution in [0.5, 0.6) is 0 Å². The van der Waals surface area contributed by atoms with Gasteiger partial charge in [-0.05, 0) is 50.1 Å². The Hall–Kier alpha value is -3.20. The Balaban J connectivity index is 2.13. The van der Waals surface area contributed by atoms with Gasteiger partial charge >= 0.3 is 0 Å². The molecule has 3 aromatic rings. The van der Waals surface area contributed by atoms with Crippen molar-refractivity contribution in [1.82, 2.24) is 14.8 Å². The van der Waals surface area contributed by atoms with Gasteiger partial charge in [0.15, 0.2) is 0 Å². The van der Waals surface area contributed by atoms with Crippen LogP contribution in [-0.4, -0.2) is 27.3 Å². The summed E-state index contributed by atoms with van der Waals surface area (Å²) in [6.45, 7) is 6.13. The average Bonchev–Trinajstić information content (AvgIpc) is 2.94. The van der Waals surface area contributed by atoms with Gasteiger partial charge in [-0.15, -0.1) is 0 Å². The second kappa shape index (κ2) is 6.73. The molecule has 0 aliphatic rings. The van der Waals surface area contributed by atoms with Gasteiger partial charge in [-0.2, -0.15) is 20.1 Å². The molecule has 0 saturated heterocycles. The largest absolute Gasteiger partial charge is 0.307 e. The summed E-state index contributed by atoms with van der Waals surface area (Å²) >= 11 is 0. The predicted molar refractivity (Wildman–Crippen MR) is 95.5 cm³/mol. The Morgan fingerprint density at radius 3 is 2.80 bits per heavy atom. The van der Waals surface area contributed by atoms with E-state index in [1.165, 1.54) is 4.63 Å². The maximum atomic E-state index is 13.3. The summed E-state index contributed by atoms with van der Waals surface area (Å²) in [4.78, 5) is 15.0. The predicted octanol–water partition coefficient (Wildman–Crippen LogP) is 3.22. The second-order valence-corrected chi connectivity index (χ2v) is 5.94. The molecule has 0 saturated carbocycles. The average molecular weight is 333 g/mol. The summed E-state index contributed by atoms with van der Waals surface area (Å²) in [5, 5.41) is 17.5. The van der Waals surface area contributed by atoms with E-state index in [4.69, 9.17) is 5.26 Å². The molecule has 1 aromatic carbocycles. The summed E-state index contributed by atoms with van der Waals surface area (Å²) in [5.74, 6) is -0.163. The monoisotopic (exact) mass is 333 g/mol. The van der Waals surface area contributed by atoms with Crippen LogP contribution in [0.4, 0.5) is 5.69 Å². The zero-order chi connectivity index (χ0) is 18.0. The van der Waals surface area contributed by atoms with Crippen LogP contribution in [0.1, 0.15) is 33.6 Å². The van der Waals surface area contributed by atoms with E-state index >= 15 is 0 Å². The third-order valence-corrected chi connectivity index (χ3v) is 4.37. The van der Waals surface area contributed by atoms with Crippen molar-refractivity contribution >= 4 is 17.1 Å². The number of fused-ring (bicyclic) bond motifs is 1. The normalized spacial score (nSPS) is 10.6. The van der Waals surface area contributed by atoms with E-state index in [-0.39, 0.29) is 12.3 Å². The minimum Gasteiger partial charge on any atom is -0.307 e. The molecule has 0 unspecified atom stereocenters. The van der Waals surface area contributed by atoms with E-state index in [0.717, 1.165) is 16.8 Å². The van der Waals surface area contributed by atoms with Crippen molar-refractivity contribution in [2.24, 2.45) is 0 Å². The van der Waals surface area contributed by atoms with Gasteiger partial charge in [0.25, 0.3) is 5.91 Å². The number of hydrogen-bond donors (Lipinski definition) is 0. The fraction of sp³-hybridized carbons (Fsp3) is 0.263. The van der Waals surface area contributed by atoms with Gasteiger partial charge in [0.2, 0.25) is 0 Å². The molecule has 126 valence electrons. The molecule has 2 heterocycles. The SMILES string of the molecule is Cc1cccc(N(CCC#N)C(=O)c2c(C)nn3ncccc23)c1C. The van der Waals surface area contributed by atoms with Crippen LogP contribution in [0.15, 0.2) is 36.5 Å². The molecular weight excluding hydrogens is 314 g/mol. The van der Waals surface area contributed by atoms with Crippen molar-refractivity contribution in [1.29, 1.82) is 5.26 Å². The standard InChI is InChI=1S/C19H19N5O/c1-13-7-4-8-16(14(13)2)23(12-6-10-20)19(25)18-15(3)22-24-17(18)9-5-11-21-24/h4-5,7-9,11H,6,12H2,1-3H3. The van der Waals surface area contributed by atoms with Crippen molar-refractivity contribution in [3.63, 3.8) is 0 Å². The summed E-state index contributed by atoms with van der Waals surface area (Å²) < 4.78 is 1.47. The number of nitrogens with zero attached hydrogens (tertiary/aromatic N) is 5. The first-order valence-electron chi connectivity index (χ1n) is 8.10. The fourth-order valence-electron chi connectivity index (χ4n) is 2.93. The number of aryl methyl sites for hydroxylation is 2. The highest BCUT2D eigenvalue weighted by molar-refractivity contribution is 6.11. The third-order valence-electron chi connectivity index (χ3n) is 4.37. The van der Waals surface area contributed by atoms with Crippen molar-refractivity contribution < 1.29 is 4.79 Å². The summed E-state index contributed by atoms with van der Waals surface area (Å²) in [5.41, 5.74) is 4.76. The number of carbonyl (C=O) groups is 1. The summed E-state index contributed by atoms with van der Waals surface area (Å²) in [6, 6.07) is 11.6. The first kappa shape index (κ1) is 16.7. The number of anilines is 1. The highest BCUT2D eigenvalue weighted by Crippen LogP contribution is 2.26. The molecule has 3 rings (SSSR count). The minimum absolute atomic E-state index is 0.163. The second-order valence-electron chi connectivity index (χ2n) is 5.94. The lowest BCUT2D eigenvalue weighted by molar-refractivity contribution is 0.0988. The Morgan fingerprint density at radius 2 is 2.04 bits per heavy atom. The van der Waals surface area contributed by atoms with E-state index in [1.807, 2.05) is 38.1 Å². The molecule has 0 aliphatic heterocycles. The number of amides is 1. The molecule has 0 radical (unpaired) electrons. The molecule has 0 fully saturated rings. The minimum atomic E-state index is -0.163. The fourth-order valence-corrected chi connectivity index (χ4v) is 2.93. The van der Waals surface area contributed by atoms with Crippen LogP contribution >= 0.6 is 0 Å². The molecule has 0 aliphatic carbocycles. The van der Waals surface area contributed by atoms with Crippen LogP contribution in [0.25, 0.3) is 5.52 Å². The van der Waals surface area contributed by atoms with E-state index in [1.54, 1.807) is 24.1 Å². The van der Waals surface area contributed by atoms with E-state index < -0.39 is 0 Å². The van der Waals surface area contributed by atoms with Gasteiger partial charge in [-0.1, -0.05) is 12.1 Å². The van der Waals surface area contributed by atoms with Crippen LogP contribution in [0, 0.1) is 32.1 Å². The van der Waals surface area contributed by atoms with Gasteiger partial charge in [-0.3, -0.25) is 4.79 Å². The lowest BCUT2D eigenvalue weighted by atomic mass is 10.1. The molecule has 0 atom stereocenters. The first-order chi connectivity index (χ1) is 12.0. The van der Waals surface area contributed by atoms with E-state index in [2.05, 4.69) is 16.3 Å². The summed E-state index contributed by atoms with van der Waals surface area (Å²) in [6.07, 6.45) is 1.89. The Kier molecular flexibility index (Phi) is 4.48. The van der Waals surface area contributed by atoms with Crippen molar-refractivity contribution in [2.75, 3.05) is 11.4 Å². The molecule has 1 amide bonds. The maximum absolute atomic E-state index is 13.3. The first-order valence-corrected chi connectivity index (χ1v) is 8.10. The van der Waals surface area contributed by atoms with Crippen LogP contribution in [-0.2, 0) is 0 Å². The highest BCUT2D eigenvalue weighted by Gasteiger charge is 2.25. The number of aromatic nitrogens is 3. The summed E-state index contributed by atoms with van der Waals surface area (Å²) in [7, 11) is 0. The Labute approximate surface area is 146 Å². The van der Waals surface area contributed by atoms with Crippen molar-refractivity contribution in [2.45, 2.75) is 27.2 Å². The van der Waals surface area contributed by atoms with Crippen LogP contribution < -0.4 is 4.90 Å². The number of rotatable bonds is 4. The van der Waals surface area contributed by atoms with E-state index in [0.29, 0.717) is 23.3 Å². The topological polar surface area (TPSA) is 74.3 Å². The molecule has 0 spiro atoms. The lowest BCUT2D eigenvalue weighted by Crippen LogP contribution is -2.33. The van der Waals surface area contributed by atoms with Gasteiger partial charge in [0.1, 0.15) is 5.52 Å². The Morgan fingerprint density at radius 1 is 1.24 bits per heavy atom. The van der Waals surface area contributed by atoms with Crippen LogP contribution in [0.2, 0.25) is 0 Å². The number of nitriles is 1. The zero-order valence-corrected chi connectivity index (χ0v) is 14.5.